The lowest BCUT2D eigenvalue weighted by Crippen LogP contribution is -1.94. The molecule has 3 rings (SSSR count). The number of ether oxygens (including phenoxy) is 3. The van der Waals surface area contributed by atoms with Gasteiger partial charge in [0.2, 0.25) is 0 Å². The van der Waals surface area contributed by atoms with Crippen molar-refractivity contribution < 1.29 is 18.6 Å². The van der Waals surface area contributed by atoms with E-state index in [2.05, 4.69) is 4.37 Å². The SMILES string of the molecule is COc1cc(OC)c(OC)c(-c2cc(-c3ccc(F)cc3)ns2)c1. The van der Waals surface area contributed by atoms with Crippen LogP contribution in [0.25, 0.3) is 21.7 Å². The third kappa shape index (κ3) is 3.05. The average Bonchev–Trinajstić information content (AvgIpc) is 3.11. The molecule has 24 heavy (non-hydrogen) atoms. The normalized spacial score (nSPS) is 10.5. The molecule has 0 aliphatic rings. The van der Waals surface area contributed by atoms with E-state index in [1.807, 2.05) is 12.1 Å². The molecule has 0 aliphatic carbocycles. The molecule has 0 aliphatic heterocycles. The van der Waals surface area contributed by atoms with Crippen molar-refractivity contribution in [3.63, 3.8) is 0 Å². The summed E-state index contributed by atoms with van der Waals surface area (Å²) in [5, 5.41) is 0. The Labute approximate surface area is 143 Å². The Hall–Kier alpha value is -2.60. The molecule has 3 aromatic rings. The summed E-state index contributed by atoms with van der Waals surface area (Å²) in [6.07, 6.45) is 0. The van der Waals surface area contributed by atoms with Gasteiger partial charge >= 0.3 is 0 Å². The van der Waals surface area contributed by atoms with Gasteiger partial charge < -0.3 is 14.2 Å². The fraction of sp³-hybridized carbons (Fsp3) is 0.167. The predicted molar refractivity (Wildman–Crippen MR) is 92.6 cm³/mol. The van der Waals surface area contributed by atoms with Gasteiger partial charge in [-0.05, 0) is 47.9 Å². The smallest absolute Gasteiger partial charge is 0.169 e. The zero-order valence-corrected chi connectivity index (χ0v) is 14.3. The number of benzene rings is 2. The molecule has 0 unspecified atom stereocenters. The zero-order valence-electron chi connectivity index (χ0n) is 13.5. The van der Waals surface area contributed by atoms with Crippen molar-refractivity contribution in [3.05, 3.63) is 48.3 Å². The van der Waals surface area contributed by atoms with E-state index in [-0.39, 0.29) is 5.82 Å². The minimum atomic E-state index is -0.270. The molecule has 0 N–H and O–H groups in total. The molecular weight excluding hydrogens is 329 g/mol. The second-order valence-corrected chi connectivity index (χ2v) is 5.80. The lowest BCUT2D eigenvalue weighted by Gasteiger charge is -2.13. The molecule has 0 radical (unpaired) electrons. The Kier molecular flexibility index (Phi) is 4.66. The summed E-state index contributed by atoms with van der Waals surface area (Å²) in [7, 11) is 4.77. The molecule has 0 fully saturated rings. The van der Waals surface area contributed by atoms with Crippen LogP contribution in [0, 0.1) is 5.82 Å². The first-order valence-electron chi connectivity index (χ1n) is 7.19. The Balaban J connectivity index is 2.07. The van der Waals surface area contributed by atoms with Crippen LogP contribution < -0.4 is 14.2 Å². The third-order valence-corrected chi connectivity index (χ3v) is 4.43. The van der Waals surface area contributed by atoms with Gasteiger partial charge in [-0.25, -0.2) is 4.39 Å². The van der Waals surface area contributed by atoms with Gasteiger partial charge in [0.15, 0.2) is 11.5 Å². The molecule has 1 aromatic heterocycles. The lowest BCUT2D eigenvalue weighted by atomic mass is 10.1. The van der Waals surface area contributed by atoms with Gasteiger partial charge in [-0.3, -0.25) is 0 Å². The minimum Gasteiger partial charge on any atom is -0.497 e. The molecule has 4 nitrogen and oxygen atoms in total. The number of hydrogen-bond acceptors (Lipinski definition) is 5. The Morgan fingerprint density at radius 3 is 2.29 bits per heavy atom. The highest BCUT2D eigenvalue weighted by atomic mass is 32.1. The Morgan fingerprint density at radius 1 is 0.917 bits per heavy atom. The van der Waals surface area contributed by atoms with Crippen LogP contribution in [-0.2, 0) is 0 Å². The molecule has 0 spiro atoms. The first-order valence-corrected chi connectivity index (χ1v) is 7.96. The summed E-state index contributed by atoms with van der Waals surface area (Å²) in [5.41, 5.74) is 2.46. The molecule has 0 bridgehead atoms. The number of methoxy groups -OCH3 is 3. The van der Waals surface area contributed by atoms with Gasteiger partial charge in [0.05, 0.1) is 31.9 Å². The second kappa shape index (κ2) is 6.88. The Morgan fingerprint density at radius 2 is 1.67 bits per heavy atom. The highest BCUT2D eigenvalue weighted by molar-refractivity contribution is 7.09. The maximum atomic E-state index is 13.1. The van der Waals surface area contributed by atoms with Crippen molar-refractivity contribution in [3.8, 4) is 38.9 Å². The molecule has 6 heteroatoms. The quantitative estimate of drug-likeness (QED) is 0.675. The molecule has 0 saturated carbocycles. The molecule has 0 amide bonds. The summed E-state index contributed by atoms with van der Waals surface area (Å²) in [6, 6.07) is 11.8. The number of hydrogen-bond donors (Lipinski definition) is 0. The molecule has 0 saturated heterocycles. The zero-order chi connectivity index (χ0) is 17.1. The van der Waals surface area contributed by atoms with Gasteiger partial charge in [0.1, 0.15) is 11.6 Å². The van der Waals surface area contributed by atoms with E-state index < -0.39 is 0 Å². The molecular formula is C18H16FNO3S. The van der Waals surface area contributed by atoms with Crippen LogP contribution >= 0.6 is 11.5 Å². The van der Waals surface area contributed by atoms with E-state index in [0.29, 0.717) is 17.2 Å². The van der Waals surface area contributed by atoms with Crippen LogP contribution in [-0.4, -0.2) is 25.7 Å². The first kappa shape index (κ1) is 16.3. The van der Waals surface area contributed by atoms with Crippen LogP contribution in [0.2, 0.25) is 0 Å². The van der Waals surface area contributed by atoms with E-state index >= 15 is 0 Å². The number of nitrogens with zero attached hydrogens (tertiary/aromatic N) is 1. The van der Waals surface area contributed by atoms with E-state index in [1.54, 1.807) is 39.5 Å². The first-order chi connectivity index (χ1) is 11.7. The largest absolute Gasteiger partial charge is 0.497 e. The monoisotopic (exact) mass is 345 g/mol. The van der Waals surface area contributed by atoms with Crippen LogP contribution in [0.4, 0.5) is 4.39 Å². The van der Waals surface area contributed by atoms with Crippen LogP contribution in [0.5, 0.6) is 17.2 Å². The summed E-state index contributed by atoms with van der Waals surface area (Å²) >= 11 is 1.33. The van der Waals surface area contributed by atoms with Crippen molar-refractivity contribution in [2.24, 2.45) is 0 Å². The summed E-state index contributed by atoms with van der Waals surface area (Å²) in [5.74, 6) is 1.60. The average molecular weight is 345 g/mol. The minimum absolute atomic E-state index is 0.270. The standard InChI is InChI=1S/C18H16FNO3S/c1-21-13-8-14(18(23-3)16(9-13)22-2)17-10-15(20-24-17)11-4-6-12(19)7-5-11/h4-10H,1-3H3. The molecule has 124 valence electrons. The van der Waals surface area contributed by atoms with Gasteiger partial charge in [-0.1, -0.05) is 0 Å². The summed E-state index contributed by atoms with van der Waals surface area (Å²) in [6.45, 7) is 0. The second-order valence-electron chi connectivity index (χ2n) is 4.99. The summed E-state index contributed by atoms with van der Waals surface area (Å²) in [4.78, 5) is 0.906. The number of aromatic nitrogens is 1. The highest BCUT2D eigenvalue weighted by Gasteiger charge is 2.17. The van der Waals surface area contributed by atoms with Gasteiger partial charge in [0.25, 0.3) is 0 Å². The van der Waals surface area contributed by atoms with Gasteiger partial charge in [-0.2, -0.15) is 4.37 Å². The lowest BCUT2D eigenvalue weighted by molar-refractivity contribution is 0.350. The topological polar surface area (TPSA) is 40.6 Å². The Bertz CT molecular complexity index is 846. The van der Waals surface area contributed by atoms with E-state index in [4.69, 9.17) is 14.2 Å². The fourth-order valence-electron chi connectivity index (χ4n) is 2.40. The highest BCUT2D eigenvalue weighted by Crippen LogP contribution is 2.43. The number of halogens is 1. The third-order valence-electron chi connectivity index (χ3n) is 3.60. The van der Waals surface area contributed by atoms with E-state index in [1.165, 1.54) is 23.7 Å². The molecule has 0 atom stereocenters. The van der Waals surface area contributed by atoms with Crippen molar-refractivity contribution in [2.75, 3.05) is 21.3 Å². The van der Waals surface area contributed by atoms with Crippen molar-refractivity contribution in [1.29, 1.82) is 0 Å². The predicted octanol–water partition coefficient (Wildman–Crippen LogP) is 4.64. The van der Waals surface area contributed by atoms with E-state index in [0.717, 1.165) is 21.7 Å². The van der Waals surface area contributed by atoms with Gasteiger partial charge in [0, 0.05) is 17.2 Å². The van der Waals surface area contributed by atoms with Crippen molar-refractivity contribution in [2.45, 2.75) is 0 Å². The summed E-state index contributed by atoms with van der Waals surface area (Å²) < 4.78 is 33.8. The van der Waals surface area contributed by atoms with Crippen molar-refractivity contribution in [1.82, 2.24) is 4.37 Å². The fourth-order valence-corrected chi connectivity index (χ4v) is 3.17. The molecule has 2 aromatic carbocycles. The maximum absolute atomic E-state index is 13.1. The van der Waals surface area contributed by atoms with Crippen molar-refractivity contribution >= 4 is 11.5 Å². The molecule has 1 heterocycles. The van der Waals surface area contributed by atoms with Crippen LogP contribution in [0.15, 0.2) is 42.5 Å². The van der Waals surface area contributed by atoms with Crippen LogP contribution in [0.1, 0.15) is 0 Å². The van der Waals surface area contributed by atoms with Crippen LogP contribution in [0.3, 0.4) is 0 Å². The number of rotatable bonds is 5. The maximum Gasteiger partial charge on any atom is 0.169 e. The van der Waals surface area contributed by atoms with E-state index in [9.17, 15) is 4.39 Å². The van der Waals surface area contributed by atoms with Gasteiger partial charge in [-0.15, -0.1) is 0 Å².